The van der Waals surface area contributed by atoms with Crippen molar-refractivity contribution in [2.24, 2.45) is 0 Å². The number of carbonyl (C=O) groups is 1. The van der Waals surface area contributed by atoms with Gasteiger partial charge in [-0.15, -0.1) is 0 Å². The number of hydrogen-bond donors (Lipinski definition) is 2. The molecule has 1 rings (SSSR count). The monoisotopic (exact) mass is 216 g/mol. The molecule has 0 radical (unpaired) electrons. The van der Waals surface area contributed by atoms with Crippen LogP contribution in [0.3, 0.4) is 0 Å². The average Bonchev–Trinajstić information content (AvgIpc) is 2.29. The van der Waals surface area contributed by atoms with Gasteiger partial charge >= 0.3 is 6.03 Å². The van der Waals surface area contributed by atoms with Gasteiger partial charge in [0.1, 0.15) is 0 Å². The second kappa shape index (κ2) is 6.63. The van der Waals surface area contributed by atoms with Crippen molar-refractivity contribution >= 4 is 6.03 Å². The zero-order valence-corrected chi connectivity index (χ0v) is 9.24. The van der Waals surface area contributed by atoms with Crippen molar-refractivity contribution in [2.45, 2.75) is 25.8 Å². The molecule has 0 bridgehead atoms. The molecule has 0 spiro atoms. The maximum atomic E-state index is 11.7. The van der Waals surface area contributed by atoms with Crippen LogP contribution in [0.15, 0.2) is 0 Å². The molecular weight excluding hydrogens is 196 g/mol. The van der Waals surface area contributed by atoms with Gasteiger partial charge in [0.15, 0.2) is 0 Å². The van der Waals surface area contributed by atoms with Crippen molar-refractivity contribution < 1.29 is 14.6 Å². The van der Waals surface area contributed by atoms with Crippen LogP contribution in [-0.2, 0) is 4.74 Å². The molecule has 0 aromatic heterocycles. The summed E-state index contributed by atoms with van der Waals surface area (Å²) in [6.07, 6.45) is 2.05. The fraction of sp³-hybridized carbons (Fsp3) is 0.900. The van der Waals surface area contributed by atoms with Crippen LogP contribution < -0.4 is 5.32 Å². The summed E-state index contributed by atoms with van der Waals surface area (Å²) < 4.78 is 5.20. The molecule has 0 aromatic rings. The van der Waals surface area contributed by atoms with Crippen LogP contribution in [0.2, 0.25) is 0 Å². The molecular formula is C10H20N2O3. The smallest absolute Gasteiger partial charge is 0.317 e. The lowest BCUT2D eigenvalue weighted by molar-refractivity contribution is -0.00757. The lowest BCUT2D eigenvalue weighted by Gasteiger charge is -2.34. The van der Waals surface area contributed by atoms with E-state index in [-0.39, 0.29) is 18.7 Å². The van der Waals surface area contributed by atoms with E-state index in [0.717, 1.165) is 12.8 Å². The van der Waals surface area contributed by atoms with Gasteiger partial charge in [0.25, 0.3) is 0 Å². The Hall–Kier alpha value is -0.810. The molecule has 1 aliphatic rings. The molecule has 1 saturated heterocycles. The van der Waals surface area contributed by atoms with Crippen LogP contribution in [0.25, 0.3) is 0 Å². The molecule has 5 nitrogen and oxygen atoms in total. The summed E-state index contributed by atoms with van der Waals surface area (Å²) in [6.45, 7) is 4.28. The SMILES string of the molecule is CCCCNC(=O)N1CCOCC1CO. The highest BCUT2D eigenvalue weighted by molar-refractivity contribution is 5.74. The van der Waals surface area contributed by atoms with E-state index in [1.54, 1.807) is 4.90 Å². The van der Waals surface area contributed by atoms with E-state index in [1.165, 1.54) is 0 Å². The number of rotatable bonds is 4. The Morgan fingerprint density at radius 2 is 2.47 bits per heavy atom. The first-order chi connectivity index (χ1) is 7.29. The van der Waals surface area contributed by atoms with Crippen molar-refractivity contribution in [2.75, 3.05) is 32.9 Å². The Kier molecular flexibility index (Phi) is 5.42. The summed E-state index contributed by atoms with van der Waals surface area (Å²) in [5.74, 6) is 0. The molecule has 88 valence electrons. The minimum atomic E-state index is -0.194. The van der Waals surface area contributed by atoms with Gasteiger partial charge in [0, 0.05) is 13.1 Å². The van der Waals surface area contributed by atoms with E-state index in [0.29, 0.717) is 26.3 Å². The quantitative estimate of drug-likeness (QED) is 0.659. The lowest BCUT2D eigenvalue weighted by atomic mass is 10.2. The van der Waals surface area contributed by atoms with Crippen molar-refractivity contribution in [3.63, 3.8) is 0 Å². The third kappa shape index (κ3) is 3.68. The summed E-state index contributed by atoms with van der Waals surface area (Å²) in [4.78, 5) is 13.3. The maximum Gasteiger partial charge on any atom is 0.317 e. The Morgan fingerprint density at radius 1 is 1.67 bits per heavy atom. The first kappa shape index (κ1) is 12.3. The van der Waals surface area contributed by atoms with Crippen LogP contribution in [0.4, 0.5) is 4.79 Å². The molecule has 0 aromatic carbocycles. The fourth-order valence-electron chi connectivity index (χ4n) is 1.55. The molecule has 15 heavy (non-hydrogen) atoms. The number of nitrogens with zero attached hydrogens (tertiary/aromatic N) is 1. The fourth-order valence-corrected chi connectivity index (χ4v) is 1.55. The molecule has 1 unspecified atom stereocenters. The highest BCUT2D eigenvalue weighted by Crippen LogP contribution is 2.06. The summed E-state index contributed by atoms with van der Waals surface area (Å²) >= 11 is 0. The van der Waals surface area contributed by atoms with Crippen LogP contribution >= 0.6 is 0 Å². The Labute approximate surface area is 90.4 Å². The predicted octanol–water partition coefficient (Wildman–Crippen LogP) is 0.189. The molecule has 5 heteroatoms. The number of aliphatic hydroxyl groups is 1. The van der Waals surface area contributed by atoms with Gasteiger partial charge in [-0.1, -0.05) is 13.3 Å². The van der Waals surface area contributed by atoms with Gasteiger partial charge in [-0.25, -0.2) is 4.79 Å². The minimum Gasteiger partial charge on any atom is -0.394 e. The zero-order valence-electron chi connectivity index (χ0n) is 9.24. The molecule has 1 atom stereocenters. The van der Waals surface area contributed by atoms with Gasteiger partial charge in [-0.2, -0.15) is 0 Å². The largest absolute Gasteiger partial charge is 0.394 e. The first-order valence-electron chi connectivity index (χ1n) is 5.52. The van der Waals surface area contributed by atoms with Gasteiger partial charge in [0.05, 0.1) is 25.9 Å². The molecule has 2 amide bonds. The molecule has 0 saturated carbocycles. The predicted molar refractivity (Wildman–Crippen MR) is 56.7 cm³/mol. The second-order valence-corrected chi connectivity index (χ2v) is 3.69. The summed E-state index contributed by atoms with van der Waals surface area (Å²) in [5.41, 5.74) is 0. The van der Waals surface area contributed by atoms with Crippen molar-refractivity contribution in [1.82, 2.24) is 10.2 Å². The number of aliphatic hydroxyl groups excluding tert-OH is 1. The number of ether oxygens (including phenoxy) is 1. The number of unbranched alkanes of at least 4 members (excludes halogenated alkanes) is 1. The van der Waals surface area contributed by atoms with Crippen LogP contribution in [0.1, 0.15) is 19.8 Å². The van der Waals surface area contributed by atoms with Crippen molar-refractivity contribution in [3.8, 4) is 0 Å². The first-order valence-corrected chi connectivity index (χ1v) is 5.52. The highest BCUT2D eigenvalue weighted by Gasteiger charge is 2.26. The van der Waals surface area contributed by atoms with Crippen molar-refractivity contribution in [3.05, 3.63) is 0 Å². The maximum absolute atomic E-state index is 11.7. The van der Waals surface area contributed by atoms with E-state index in [2.05, 4.69) is 12.2 Å². The standard InChI is InChI=1S/C10H20N2O3/c1-2-3-4-11-10(14)12-5-6-15-8-9(12)7-13/h9,13H,2-8H2,1H3,(H,11,14). The van der Waals surface area contributed by atoms with E-state index < -0.39 is 0 Å². The topological polar surface area (TPSA) is 61.8 Å². The lowest BCUT2D eigenvalue weighted by Crippen LogP contribution is -2.54. The van der Waals surface area contributed by atoms with Gasteiger partial charge in [-0.05, 0) is 6.42 Å². The Morgan fingerprint density at radius 3 is 3.13 bits per heavy atom. The summed E-state index contributed by atoms with van der Waals surface area (Å²) in [6, 6.07) is -0.286. The highest BCUT2D eigenvalue weighted by atomic mass is 16.5. The Bertz CT molecular complexity index is 199. The molecule has 0 aliphatic carbocycles. The van der Waals surface area contributed by atoms with Crippen molar-refractivity contribution in [1.29, 1.82) is 0 Å². The number of morpholine rings is 1. The molecule has 1 aliphatic heterocycles. The number of carbonyl (C=O) groups excluding carboxylic acids is 1. The number of amides is 2. The third-order valence-corrected chi connectivity index (χ3v) is 2.51. The van der Waals surface area contributed by atoms with E-state index in [1.807, 2.05) is 0 Å². The van der Waals surface area contributed by atoms with E-state index in [4.69, 9.17) is 9.84 Å². The number of nitrogens with one attached hydrogen (secondary N) is 1. The number of hydrogen-bond acceptors (Lipinski definition) is 3. The number of urea groups is 1. The Balaban J connectivity index is 2.34. The van der Waals surface area contributed by atoms with Gasteiger partial charge in [0.2, 0.25) is 0 Å². The molecule has 2 N–H and O–H groups in total. The normalized spacial score (nSPS) is 21.5. The van der Waals surface area contributed by atoms with Crippen LogP contribution in [-0.4, -0.2) is 55.0 Å². The third-order valence-electron chi connectivity index (χ3n) is 2.51. The van der Waals surface area contributed by atoms with Crippen LogP contribution in [0.5, 0.6) is 0 Å². The van der Waals surface area contributed by atoms with E-state index >= 15 is 0 Å². The molecule has 1 fully saturated rings. The average molecular weight is 216 g/mol. The summed E-state index contributed by atoms with van der Waals surface area (Å²) in [5, 5.41) is 11.9. The minimum absolute atomic E-state index is 0.0405. The second-order valence-electron chi connectivity index (χ2n) is 3.69. The van der Waals surface area contributed by atoms with E-state index in [9.17, 15) is 4.79 Å². The van der Waals surface area contributed by atoms with Gasteiger partial charge < -0.3 is 20.1 Å². The van der Waals surface area contributed by atoms with Crippen LogP contribution in [0, 0.1) is 0 Å². The zero-order chi connectivity index (χ0) is 11.1. The summed E-state index contributed by atoms with van der Waals surface area (Å²) in [7, 11) is 0. The molecule has 1 heterocycles. The van der Waals surface area contributed by atoms with Gasteiger partial charge in [-0.3, -0.25) is 0 Å².